The number of hydrogen-bond acceptors (Lipinski definition) is 16. The van der Waals surface area contributed by atoms with Crippen LogP contribution < -0.4 is 106 Å². The summed E-state index contributed by atoms with van der Waals surface area (Å²) in [4.78, 5) is 58.7. The van der Waals surface area contributed by atoms with Crippen LogP contribution in [-0.4, -0.2) is 46.7 Å². The molecule has 1 aromatic heterocycles. The number of anilines is 1. The van der Waals surface area contributed by atoms with Gasteiger partial charge in [-0.3, -0.25) is 18.0 Å². The fourth-order valence-corrected chi connectivity index (χ4v) is 5.27. The maximum absolute atomic E-state index is 11.9. The van der Waals surface area contributed by atoms with E-state index in [4.69, 9.17) is 15.2 Å². The number of rotatable bonds is 9. The van der Waals surface area contributed by atoms with E-state index < -0.39 is 60.3 Å². The zero-order valence-corrected chi connectivity index (χ0v) is 21.4. The van der Waals surface area contributed by atoms with Gasteiger partial charge in [-0.15, -0.1) is 0 Å². The molecule has 24 heteroatoms. The van der Waals surface area contributed by atoms with E-state index in [0.717, 1.165) is 11.7 Å². The number of aliphatic hydroxyl groups is 1. The van der Waals surface area contributed by atoms with Gasteiger partial charge in [-0.1, -0.05) is 0 Å². The predicted octanol–water partition coefficient (Wildman–Crippen LogP) is -16.1. The molecular formula is C10H14Li4N3O14P3. The Kier molecular flexibility index (Phi) is 18.4. The van der Waals surface area contributed by atoms with Gasteiger partial charge in [0.15, 0.2) is 6.23 Å². The van der Waals surface area contributed by atoms with Crippen molar-refractivity contribution in [2.45, 2.75) is 24.5 Å². The number of phosphoric ester groups is 1. The molecule has 1 aliphatic heterocycles. The van der Waals surface area contributed by atoms with Crippen LogP contribution in [0.1, 0.15) is 6.23 Å². The summed E-state index contributed by atoms with van der Waals surface area (Å²) in [6, 6.07) is 1.24. The van der Waals surface area contributed by atoms with Crippen LogP contribution in [0.4, 0.5) is 5.82 Å². The Morgan fingerprint density at radius 3 is 2.15 bits per heavy atom. The molecule has 0 spiro atoms. The van der Waals surface area contributed by atoms with Crippen molar-refractivity contribution in [2.75, 3.05) is 19.5 Å². The molecule has 34 heavy (non-hydrogen) atoms. The monoisotopic (exact) mass is 521 g/mol. The van der Waals surface area contributed by atoms with Gasteiger partial charge in [0.2, 0.25) is 0 Å². The zero-order chi connectivity index (χ0) is 22.9. The van der Waals surface area contributed by atoms with Gasteiger partial charge < -0.3 is 49.0 Å². The maximum atomic E-state index is 11.9. The molecule has 0 amide bonds. The first-order valence-electron chi connectivity index (χ1n) is 7.56. The van der Waals surface area contributed by atoms with Crippen LogP contribution in [0.5, 0.6) is 0 Å². The fraction of sp³-hybridized carbons (Fsp3) is 0.600. The van der Waals surface area contributed by atoms with Gasteiger partial charge in [-0.05, 0) is 6.07 Å². The van der Waals surface area contributed by atoms with E-state index in [1.807, 2.05) is 0 Å². The summed E-state index contributed by atoms with van der Waals surface area (Å²) in [5.74, 6) is -0.0990. The van der Waals surface area contributed by atoms with Gasteiger partial charge >= 0.3 is 81.1 Å². The van der Waals surface area contributed by atoms with Gasteiger partial charge in [0.1, 0.15) is 24.1 Å². The number of nitrogens with zero attached hydrogens (tertiary/aromatic N) is 2. The van der Waals surface area contributed by atoms with E-state index in [1.165, 1.54) is 12.3 Å². The summed E-state index contributed by atoms with van der Waals surface area (Å²) in [5, 5.41) is 10.2. The molecule has 1 saturated heterocycles. The Morgan fingerprint density at radius 1 is 1.12 bits per heavy atom. The minimum Gasteiger partial charge on any atom is -0.790 e. The number of ether oxygens (including phenoxy) is 2. The van der Waals surface area contributed by atoms with E-state index in [1.54, 1.807) is 0 Å². The Hall–Kier alpha value is 1.36. The van der Waals surface area contributed by atoms with E-state index >= 15 is 0 Å². The third kappa shape index (κ3) is 11.8. The SMILES string of the molecule is CO[C@@H]1[C@H](O)[C@@H](COP(=O)([O-])OP(=O)([O-])OP(=O)([O-])[O-])O[C@H]1n1ccc(N)nc1=O.[Li+].[Li+].[Li+].[Li+]. The van der Waals surface area contributed by atoms with E-state index in [0.29, 0.717) is 0 Å². The third-order valence-corrected chi connectivity index (χ3v) is 7.17. The van der Waals surface area contributed by atoms with Crippen molar-refractivity contribution in [3.05, 3.63) is 22.7 Å². The molecule has 172 valence electrons. The van der Waals surface area contributed by atoms with Gasteiger partial charge in [0.25, 0.3) is 15.6 Å². The van der Waals surface area contributed by atoms with Crippen LogP contribution in [0.15, 0.2) is 17.1 Å². The van der Waals surface area contributed by atoms with E-state index in [2.05, 4.69) is 18.1 Å². The average molecular weight is 521 g/mol. The van der Waals surface area contributed by atoms with Crippen molar-refractivity contribution in [3.63, 3.8) is 0 Å². The topological polar surface area (TPSA) is 271 Å². The first kappa shape index (κ1) is 39.9. The normalized spacial score (nSPS) is 25.4. The Labute approximate surface area is 240 Å². The van der Waals surface area contributed by atoms with E-state index in [-0.39, 0.29) is 81.3 Å². The Balaban J connectivity index is -0.00000240. The van der Waals surface area contributed by atoms with Crippen molar-refractivity contribution in [1.82, 2.24) is 9.55 Å². The van der Waals surface area contributed by atoms with Crippen molar-refractivity contribution in [1.29, 1.82) is 0 Å². The van der Waals surface area contributed by atoms with Crippen molar-refractivity contribution >= 4 is 29.3 Å². The standard InChI is InChI=1S/C10H18N3O14P3.4Li/c1-23-8-7(14)5(25-9(8)13-3-2-6(11)12-10(13)15)4-24-29(19,20)27-30(21,22)26-28(16,17)18;;;;/h2-3,5,7-9,14H,4H2,1H3,(H,19,20)(H,21,22)(H2,11,12,15)(H2,16,17,18);;;;/q;4*+1/p-4/t5-,7-,8-,9-;;;;/m1..../s1. The third-order valence-electron chi connectivity index (χ3n) is 3.51. The first-order valence-corrected chi connectivity index (χ1v) is 11.9. The first-order chi connectivity index (χ1) is 13.6. The van der Waals surface area contributed by atoms with Crippen LogP contribution in [-0.2, 0) is 36.3 Å². The smallest absolute Gasteiger partial charge is 0.790 e. The largest absolute Gasteiger partial charge is 1.00 e. The van der Waals surface area contributed by atoms with Crippen LogP contribution in [0, 0.1) is 0 Å². The van der Waals surface area contributed by atoms with Crippen molar-refractivity contribution in [2.24, 2.45) is 0 Å². The molecule has 2 unspecified atom stereocenters. The van der Waals surface area contributed by atoms with Gasteiger partial charge in [-0.2, -0.15) is 4.98 Å². The quantitative estimate of drug-likeness (QED) is 0.226. The number of nitrogen functional groups attached to an aromatic ring is 1. The number of phosphoric acid groups is 3. The maximum Gasteiger partial charge on any atom is 1.00 e. The van der Waals surface area contributed by atoms with E-state index in [9.17, 15) is 43.2 Å². The molecule has 3 N–H and O–H groups in total. The molecule has 0 radical (unpaired) electrons. The molecule has 0 aliphatic carbocycles. The summed E-state index contributed by atoms with van der Waals surface area (Å²) in [6.07, 6.45) is -4.41. The predicted molar refractivity (Wildman–Crippen MR) is 84.6 cm³/mol. The average Bonchev–Trinajstić information content (AvgIpc) is 2.85. The second kappa shape index (κ2) is 15.7. The van der Waals surface area contributed by atoms with Crippen molar-refractivity contribution < 1.29 is 136 Å². The summed E-state index contributed by atoms with van der Waals surface area (Å²) >= 11 is 0. The van der Waals surface area contributed by atoms with Crippen LogP contribution in [0.2, 0.25) is 0 Å². The molecule has 0 bridgehead atoms. The summed E-state index contributed by atoms with van der Waals surface area (Å²) < 4.78 is 54.9. The number of hydrogen-bond donors (Lipinski definition) is 2. The summed E-state index contributed by atoms with van der Waals surface area (Å²) in [5.41, 5.74) is 4.49. The van der Waals surface area contributed by atoms with Crippen LogP contribution in [0.25, 0.3) is 0 Å². The molecule has 0 aromatic carbocycles. The molecule has 17 nitrogen and oxygen atoms in total. The molecular weight excluding hydrogens is 507 g/mol. The molecule has 1 aliphatic rings. The molecule has 2 rings (SSSR count). The van der Waals surface area contributed by atoms with Gasteiger partial charge in [-0.25, -0.2) is 9.11 Å². The second-order valence-electron chi connectivity index (χ2n) is 5.60. The number of aromatic nitrogens is 2. The number of nitrogens with two attached hydrogens (primary N) is 1. The number of aliphatic hydroxyl groups excluding tert-OH is 1. The molecule has 1 fully saturated rings. The van der Waals surface area contributed by atoms with Crippen LogP contribution in [0.3, 0.4) is 0 Å². The Bertz CT molecular complexity index is 981. The molecule has 0 saturated carbocycles. The van der Waals surface area contributed by atoms with Crippen molar-refractivity contribution in [3.8, 4) is 0 Å². The summed E-state index contributed by atoms with van der Waals surface area (Å²) in [6.45, 7) is -1.05. The van der Waals surface area contributed by atoms with Gasteiger partial charge in [0, 0.05) is 13.3 Å². The second-order valence-corrected chi connectivity index (χ2v) is 9.85. The minimum atomic E-state index is -6.13. The Morgan fingerprint density at radius 2 is 1.68 bits per heavy atom. The number of methoxy groups -OCH3 is 1. The molecule has 2 heterocycles. The minimum absolute atomic E-state index is 0. The summed E-state index contributed by atoms with van der Waals surface area (Å²) in [7, 11) is -16.9. The fourth-order valence-electron chi connectivity index (χ4n) is 2.40. The zero-order valence-electron chi connectivity index (χ0n) is 18.7. The molecule has 1 aromatic rings. The van der Waals surface area contributed by atoms with Crippen LogP contribution >= 0.6 is 23.5 Å². The van der Waals surface area contributed by atoms with Gasteiger partial charge in [0.05, 0.1) is 14.4 Å². The molecule has 6 atom stereocenters.